The first-order valence-electron chi connectivity index (χ1n) is 10.1. The van der Waals surface area contributed by atoms with Gasteiger partial charge in [-0.3, -0.25) is 4.79 Å². The molecule has 1 fully saturated rings. The topological polar surface area (TPSA) is 75.7 Å². The monoisotopic (exact) mass is 448 g/mol. The molecule has 1 aliphatic heterocycles. The van der Waals surface area contributed by atoms with Crippen molar-refractivity contribution in [1.29, 1.82) is 0 Å². The zero-order valence-electron chi connectivity index (χ0n) is 17.2. The number of nitrogens with one attached hydrogen (secondary N) is 1. The van der Waals surface area contributed by atoms with Crippen LogP contribution in [0, 0.1) is 0 Å². The molecule has 6 nitrogen and oxygen atoms in total. The number of anilines is 1. The largest absolute Gasteiger partial charge is 0.495 e. The summed E-state index contributed by atoms with van der Waals surface area (Å²) in [5.41, 5.74) is 1.62. The van der Waals surface area contributed by atoms with E-state index in [1.54, 1.807) is 17.8 Å². The van der Waals surface area contributed by atoms with Crippen LogP contribution in [0.1, 0.15) is 24.8 Å². The molecule has 0 aliphatic carbocycles. The van der Waals surface area contributed by atoms with E-state index in [0.717, 1.165) is 31.4 Å². The van der Waals surface area contributed by atoms with Gasteiger partial charge in [-0.1, -0.05) is 36.8 Å². The van der Waals surface area contributed by atoms with Crippen LogP contribution in [0.2, 0.25) is 0 Å². The molecule has 1 aliphatic rings. The molecule has 0 unspecified atom stereocenters. The van der Waals surface area contributed by atoms with Crippen molar-refractivity contribution in [2.45, 2.75) is 30.6 Å². The van der Waals surface area contributed by atoms with Crippen LogP contribution in [0.15, 0.2) is 53.4 Å². The number of methoxy groups -OCH3 is 1. The first-order valence-corrected chi connectivity index (χ1v) is 12.7. The molecule has 0 spiro atoms. The molecule has 0 radical (unpaired) electrons. The van der Waals surface area contributed by atoms with Crippen molar-refractivity contribution in [3.63, 3.8) is 0 Å². The average molecular weight is 449 g/mol. The van der Waals surface area contributed by atoms with Crippen LogP contribution in [0.3, 0.4) is 0 Å². The lowest BCUT2D eigenvalue weighted by molar-refractivity contribution is -0.113. The first kappa shape index (κ1) is 22.7. The van der Waals surface area contributed by atoms with Crippen LogP contribution in [-0.2, 0) is 21.2 Å². The van der Waals surface area contributed by atoms with Crippen molar-refractivity contribution in [2.75, 3.05) is 37.0 Å². The summed E-state index contributed by atoms with van der Waals surface area (Å²) in [6, 6.07) is 14.8. The Hall–Kier alpha value is -2.03. The lowest BCUT2D eigenvalue weighted by Gasteiger charge is -2.26. The molecule has 2 aromatic rings. The number of carbonyl (C=O) groups excluding carboxylic acids is 1. The standard InChI is InChI=1S/C22H28N2O4S2/c1-28-21-11-10-19(30(26,27)24-13-6-3-7-14-24)16-20(21)23-22(25)17-29-15-12-18-8-4-2-5-9-18/h2,4-5,8-11,16H,3,6-7,12-15,17H2,1H3,(H,23,25). The third-order valence-electron chi connectivity index (χ3n) is 5.01. The summed E-state index contributed by atoms with van der Waals surface area (Å²) in [6.07, 6.45) is 3.70. The molecule has 0 bridgehead atoms. The second-order valence-corrected chi connectivity index (χ2v) is 10.2. The van der Waals surface area contributed by atoms with Crippen LogP contribution in [0.25, 0.3) is 0 Å². The lowest BCUT2D eigenvalue weighted by Crippen LogP contribution is -2.35. The number of ether oxygens (including phenoxy) is 1. The van der Waals surface area contributed by atoms with Crippen molar-refractivity contribution in [3.8, 4) is 5.75 Å². The van der Waals surface area contributed by atoms with Crippen LogP contribution < -0.4 is 10.1 Å². The summed E-state index contributed by atoms with van der Waals surface area (Å²) in [6.45, 7) is 1.07. The molecule has 0 saturated carbocycles. The third kappa shape index (κ3) is 6.00. The molecule has 1 heterocycles. The van der Waals surface area contributed by atoms with Crippen molar-refractivity contribution >= 4 is 33.4 Å². The molecular formula is C22H28N2O4S2. The fraction of sp³-hybridized carbons (Fsp3) is 0.409. The number of amides is 1. The van der Waals surface area contributed by atoms with Gasteiger partial charge in [0, 0.05) is 13.1 Å². The molecule has 0 atom stereocenters. The zero-order chi connectivity index (χ0) is 21.4. The molecule has 162 valence electrons. The van der Waals surface area contributed by atoms with Crippen molar-refractivity contribution < 1.29 is 17.9 Å². The Labute approximate surface area is 183 Å². The Morgan fingerprint density at radius 2 is 1.83 bits per heavy atom. The van der Waals surface area contributed by atoms with E-state index in [-0.39, 0.29) is 10.8 Å². The summed E-state index contributed by atoms with van der Waals surface area (Å²) >= 11 is 1.54. The normalized spacial score (nSPS) is 15.0. The Bertz CT molecular complexity index is 943. The number of benzene rings is 2. The minimum Gasteiger partial charge on any atom is -0.495 e. The predicted octanol–water partition coefficient (Wildman–Crippen LogP) is 3.78. The maximum Gasteiger partial charge on any atom is 0.243 e. The fourth-order valence-corrected chi connectivity index (χ4v) is 5.71. The summed E-state index contributed by atoms with van der Waals surface area (Å²) < 4.78 is 32.7. The molecule has 2 aromatic carbocycles. The van der Waals surface area contributed by atoms with Gasteiger partial charge in [0.2, 0.25) is 15.9 Å². The maximum atomic E-state index is 12.9. The SMILES string of the molecule is COc1ccc(S(=O)(=O)N2CCCCC2)cc1NC(=O)CSCCc1ccccc1. The number of hydrogen-bond donors (Lipinski definition) is 1. The number of carbonyl (C=O) groups is 1. The molecule has 1 saturated heterocycles. The minimum atomic E-state index is -3.58. The van der Waals surface area contributed by atoms with Crippen molar-refractivity contribution in [2.24, 2.45) is 0 Å². The number of sulfonamides is 1. The van der Waals surface area contributed by atoms with E-state index in [4.69, 9.17) is 4.74 Å². The highest BCUT2D eigenvalue weighted by Crippen LogP contribution is 2.30. The van der Waals surface area contributed by atoms with E-state index in [0.29, 0.717) is 30.3 Å². The number of nitrogens with zero attached hydrogens (tertiary/aromatic N) is 1. The number of piperidine rings is 1. The van der Waals surface area contributed by atoms with Crippen molar-refractivity contribution in [1.82, 2.24) is 4.31 Å². The van der Waals surface area contributed by atoms with Crippen LogP contribution >= 0.6 is 11.8 Å². The zero-order valence-corrected chi connectivity index (χ0v) is 18.8. The number of aryl methyl sites for hydroxylation is 1. The van der Waals surface area contributed by atoms with Crippen molar-refractivity contribution in [3.05, 3.63) is 54.1 Å². The molecule has 3 rings (SSSR count). The molecular weight excluding hydrogens is 420 g/mol. The summed E-state index contributed by atoms with van der Waals surface area (Å²) in [7, 11) is -2.08. The van der Waals surface area contributed by atoms with Gasteiger partial charge in [-0.25, -0.2) is 8.42 Å². The molecule has 0 aromatic heterocycles. The molecule has 8 heteroatoms. The van der Waals surface area contributed by atoms with Gasteiger partial charge in [-0.2, -0.15) is 16.1 Å². The van der Waals surface area contributed by atoms with E-state index in [9.17, 15) is 13.2 Å². The van der Waals surface area contributed by atoms with Gasteiger partial charge in [0.25, 0.3) is 0 Å². The molecule has 1 amide bonds. The van der Waals surface area contributed by atoms with Crippen LogP contribution in [0.5, 0.6) is 5.75 Å². The fourth-order valence-electron chi connectivity index (χ4n) is 3.39. The predicted molar refractivity (Wildman–Crippen MR) is 122 cm³/mol. The van der Waals surface area contributed by atoms with Gasteiger partial charge in [-0.05, 0) is 48.8 Å². The molecule has 1 N–H and O–H groups in total. The van der Waals surface area contributed by atoms with Crippen LogP contribution in [0.4, 0.5) is 5.69 Å². The highest BCUT2D eigenvalue weighted by atomic mass is 32.2. The van der Waals surface area contributed by atoms with Gasteiger partial charge in [-0.15, -0.1) is 0 Å². The first-order chi connectivity index (χ1) is 14.5. The van der Waals surface area contributed by atoms with E-state index >= 15 is 0 Å². The minimum absolute atomic E-state index is 0.178. The van der Waals surface area contributed by atoms with Gasteiger partial charge in [0.15, 0.2) is 0 Å². The Kier molecular flexibility index (Phi) is 8.18. The van der Waals surface area contributed by atoms with Gasteiger partial charge < -0.3 is 10.1 Å². The second kappa shape index (κ2) is 10.8. The Balaban J connectivity index is 1.61. The number of thioether (sulfide) groups is 1. The van der Waals surface area contributed by atoms with Gasteiger partial charge in [0.05, 0.1) is 23.4 Å². The highest BCUT2D eigenvalue weighted by molar-refractivity contribution is 7.99. The lowest BCUT2D eigenvalue weighted by atomic mass is 10.2. The summed E-state index contributed by atoms with van der Waals surface area (Å²) in [5, 5.41) is 2.81. The number of rotatable bonds is 9. The van der Waals surface area contributed by atoms with Gasteiger partial charge in [0.1, 0.15) is 5.75 Å². The summed E-state index contributed by atoms with van der Waals surface area (Å²) in [5.74, 6) is 1.38. The Morgan fingerprint density at radius 1 is 1.10 bits per heavy atom. The average Bonchev–Trinajstić information content (AvgIpc) is 2.78. The Morgan fingerprint density at radius 3 is 2.53 bits per heavy atom. The summed E-state index contributed by atoms with van der Waals surface area (Å²) in [4.78, 5) is 12.6. The van der Waals surface area contributed by atoms with Crippen LogP contribution in [-0.4, -0.2) is 50.3 Å². The van der Waals surface area contributed by atoms with E-state index in [2.05, 4.69) is 17.4 Å². The van der Waals surface area contributed by atoms with Gasteiger partial charge >= 0.3 is 0 Å². The molecule has 30 heavy (non-hydrogen) atoms. The third-order valence-corrected chi connectivity index (χ3v) is 7.86. The van der Waals surface area contributed by atoms with E-state index in [1.807, 2.05) is 18.2 Å². The van der Waals surface area contributed by atoms with E-state index < -0.39 is 10.0 Å². The second-order valence-electron chi connectivity index (χ2n) is 7.16. The smallest absolute Gasteiger partial charge is 0.243 e. The highest BCUT2D eigenvalue weighted by Gasteiger charge is 2.27. The van der Waals surface area contributed by atoms with E-state index in [1.165, 1.54) is 29.1 Å². The maximum absolute atomic E-state index is 12.9. The number of hydrogen-bond acceptors (Lipinski definition) is 5. The quantitative estimate of drug-likeness (QED) is 0.591.